The highest BCUT2D eigenvalue weighted by molar-refractivity contribution is 6.33. The van der Waals surface area contributed by atoms with Crippen molar-refractivity contribution < 1.29 is 18.8 Å². The van der Waals surface area contributed by atoms with Gasteiger partial charge < -0.3 is 13.9 Å². The Morgan fingerprint density at radius 3 is 2.64 bits per heavy atom. The van der Waals surface area contributed by atoms with Gasteiger partial charge >= 0.3 is 5.63 Å². The molecule has 0 saturated heterocycles. The van der Waals surface area contributed by atoms with E-state index in [2.05, 4.69) is 12.1 Å². The molecule has 1 unspecified atom stereocenters. The normalized spacial score (nSPS) is 15.9. The third-order valence-electron chi connectivity index (χ3n) is 5.52. The van der Waals surface area contributed by atoms with Gasteiger partial charge in [0.2, 0.25) is 6.73 Å². The molecule has 146 valence electrons. The minimum atomic E-state index is -0.306. The highest BCUT2D eigenvalue weighted by Crippen LogP contribution is 2.37. The summed E-state index contributed by atoms with van der Waals surface area (Å²) in [5.74, 6) is 1.49. The molecule has 1 aliphatic heterocycles. The molecule has 1 aliphatic rings. The molecular formula is C22H23ClNO4+. The predicted octanol–water partition coefficient (Wildman–Crippen LogP) is 3.05. The maximum atomic E-state index is 12.2. The second-order valence-corrected chi connectivity index (χ2v) is 7.65. The number of hydrogen-bond acceptors (Lipinski definition) is 4. The number of halogens is 1. The zero-order chi connectivity index (χ0) is 19.8. The van der Waals surface area contributed by atoms with E-state index in [4.69, 9.17) is 25.5 Å². The monoisotopic (exact) mass is 400 g/mol. The van der Waals surface area contributed by atoms with Crippen molar-refractivity contribution in [3.8, 4) is 11.5 Å². The average molecular weight is 401 g/mol. The summed E-state index contributed by atoms with van der Waals surface area (Å²) in [6.45, 7) is 5.83. The van der Waals surface area contributed by atoms with E-state index < -0.39 is 0 Å². The van der Waals surface area contributed by atoms with Crippen LogP contribution < -0.4 is 20.0 Å². The van der Waals surface area contributed by atoms with Crippen LogP contribution in [0.25, 0.3) is 11.0 Å². The van der Waals surface area contributed by atoms with E-state index >= 15 is 0 Å². The van der Waals surface area contributed by atoms with Gasteiger partial charge in [0.05, 0.1) is 24.2 Å². The lowest BCUT2D eigenvalue weighted by molar-refractivity contribution is -0.932. The van der Waals surface area contributed by atoms with Crippen molar-refractivity contribution in [2.24, 2.45) is 0 Å². The predicted molar refractivity (Wildman–Crippen MR) is 109 cm³/mol. The van der Waals surface area contributed by atoms with E-state index in [1.165, 1.54) is 10.5 Å². The molecule has 1 aromatic heterocycles. The number of aryl methyl sites for hydroxylation is 1. The number of rotatable bonds is 4. The van der Waals surface area contributed by atoms with Crippen LogP contribution >= 0.6 is 11.6 Å². The smallest absolute Gasteiger partial charge is 0.339 e. The van der Waals surface area contributed by atoms with Gasteiger partial charge in [-0.1, -0.05) is 23.7 Å². The first-order valence-corrected chi connectivity index (χ1v) is 9.70. The standard InChI is InChI=1S/C22H22ClNO4/c1-13-14(2)22(25)28-20-17(13)10-19(23)21-18(20)11-24(12-27-21)9-8-15-4-6-16(26-3)7-5-15/h4-7,10H,8-9,11-12H2,1-3H3/p+1. The second kappa shape index (κ2) is 7.49. The Kier molecular flexibility index (Phi) is 5.04. The summed E-state index contributed by atoms with van der Waals surface area (Å²) in [6.07, 6.45) is 0.915. The van der Waals surface area contributed by atoms with Crippen molar-refractivity contribution in [1.29, 1.82) is 0 Å². The number of ether oxygens (including phenoxy) is 2. The maximum Gasteiger partial charge on any atom is 0.339 e. The van der Waals surface area contributed by atoms with Crippen molar-refractivity contribution in [3.63, 3.8) is 0 Å². The highest BCUT2D eigenvalue weighted by Gasteiger charge is 2.27. The number of quaternary nitrogens is 1. The maximum absolute atomic E-state index is 12.2. The van der Waals surface area contributed by atoms with Crippen molar-refractivity contribution in [2.75, 3.05) is 20.4 Å². The summed E-state index contributed by atoms with van der Waals surface area (Å²) in [5.41, 5.74) is 3.92. The number of hydrogen-bond donors (Lipinski definition) is 1. The molecule has 0 bridgehead atoms. The van der Waals surface area contributed by atoms with E-state index in [1.807, 2.05) is 25.1 Å². The largest absolute Gasteiger partial charge is 0.497 e. The molecule has 5 nitrogen and oxygen atoms in total. The fourth-order valence-corrected chi connectivity index (χ4v) is 3.93. The average Bonchev–Trinajstić information content (AvgIpc) is 2.72. The fraction of sp³-hybridized carbons (Fsp3) is 0.318. The van der Waals surface area contributed by atoms with E-state index in [9.17, 15) is 4.79 Å². The van der Waals surface area contributed by atoms with Crippen molar-refractivity contribution in [2.45, 2.75) is 26.8 Å². The van der Waals surface area contributed by atoms with Crippen molar-refractivity contribution in [1.82, 2.24) is 0 Å². The van der Waals surface area contributed by atoms with Crippen LogP contribution in [0.2, 0.25) is 5.02 Å². The Labute approximate surface area is 168 Å². The quantitative estimate of drug-likeness (QED) is 0.684. The van der Waals surface area contributed by atoms with Gasteiger partial charge in [0.25, 0.3) is 0 Å². The first kappa shape index (κ1) is 18.8. The first-order chi connectivity index (χ1) is 13.5. The van der Waals surface area contributed by atoms with E-state index in [0.29, 0.717) is 35.2 Å². The SMILES string of the molecule is COc1ccc(CC[NH+]2COc3c(Cl)cc4c(C)c(C)c(=O)oc4c3C2)cc1. The van der Waals surface area contributed by atoms with Crippen LogP contribution in [-0.2, 0) is 13.0 Å². The topological polar surface area (TPSA) is 53.1 Å². The molecule has 0 aliphatic carbocycles. The van der Waals surface area contributed by atoms with Gasteiger partial charge in [-0.05, 0) is 43.2 Å². The van der Waals surface area contributed by atoms with Gasteiger partial charge in [-0.3, -0.25) is 4.90 Å². The molecule has 4 rings (SSSR count). The lowest BCUT2D eigenvalue weighted by Crippen LogP contribution is -3.12. The second-order valence-electron chi connectivity index (χ2n) is 7.25. The van der Waals surface area contributed by atoms with Crippen LogP contribution in [0, 0.1) is 13.8 Å². The molecule has 0 saturated carbocycles. The Hall–Kier alpha value is -2.50. The van der Waals surface area contributed by atoms with Gasteiger partial charge in [-0.2, -0.15) is 0 Å². The van der Waals surface area contributed by atoms with Crippen LogP contribution in [0.1, 0.15) is 22.3 Å². The van der Waals surface area contributed by atoms with Crippen LogP contribution in [0.3, 0.4) is 0 Å². The van der Waals surface area contributed by atoms with Crippen LogP contribution in [0.5, 0.6) is 11.5 Å². The zero-order valence-electron chi connectivity index (χ0n) is 16.2. The lowest BCUT2D eigenvalue weighted by Gasteiger charge is -2.27. The Morgan fingerprint density at radius 2 is 1.93 bits per heavy atom. The summed E-state index contributed by atoms with van der Waals surface area (Å²) >= 11 is 6.47. The summed E-state index contributed by atoms with van der Waals surface area (Å²) in [6, 6.07) is 9.94. The van der Waals surface area contributed by atoms with E-state index in [1.54, 1.807) is 14.0 Å². The molecule has 0 spiro atoms. The van der Waals surface area contributed by atoms with Gasteiger partial charge in [0.1, 0.15) is 12.3 Å². The molecule has 3 aromatic rings. The number of nitrogens with one attached hydrogen (secondary N) is 1. The first-order valence-electron chi connectivity index (χ1n) is 9.32. The fourth-order valence-electron chi connectivity index (χ4n) is 3.65. The van der Waals surface area contributed by atoms with Gasteiger partial charge in [-0.15, -0.1) is 0 Å². The lowest BCUT2D eigenvalue weighted by atomic mass is 10.0. The molecule has 1 N–H and O–H groups in total. The third-order valence-corrected chi connectivity index (χ3v) is 5.80. The van der Waals surface area contributed by atoms with Crippen LogP contribution in [-0.4, -0.2) is 20.4 Å². The molecule has 6 heteroatoms. The molecule has 2 aromatic carbocycles. The molecule has 0 radical (unpaired) electrons. The number of fused-ring (bicyclic) bond motifs is 3. The number of methoxy groups -OCH3 is 1. The Morgan fingerprint density at radius 1 is 1.18 bits per heavy atom. The van der Waals surface area contributed by atoms with Gasteiger partial charge in [-0.25, -0.2) is 4.79 Å². The van der Waals surface area contributed by atoms with Crippen molar-refractivity contribution >= 4 is 22.6 Å². The molecule has 0 fully saturated rings. The molecule has 0 amide bonds. The molecule has 1 atom stereocenters. The summed E-state index contributed by atoms with van der Waals surface area (Å²) in [4.78, 5) is 13.5. The van der Waals surface area contributed by atoms with Crippen LogP contribution in [0.4, 0.5) is 0 Å². The molecule has 28 heavy (non-hydrogen) atoms. The highest BCUT2D eigenvalue weighted by atomic mass is 35.5. The Bertz CT molecular complexity index is 1090. The minimum Gasteiger partial charge on any atom is -0.497 e. The van der Waals surface area contributed by atoms with Gasteiger partial charge in [0.15, 0.2) is 11.3 Å². The molecular weight excluding hydrogens is 378 g/mol. The van der Waals surface area contributed by atoms with Crippen LogP contribution in [0.15, 0.2) is 39.5 Å². The van der Waals surface area contributed by atoms with Gasteiger partial charge in [0, 0.05) is 17.4 Å². The van der Waals surface area contributed by atoms with E-state index in [-0.39, 0.29) is 5.63 Å². The summed E-state index contributed by atoms with van der Waals surface area (Å²) in [5, 5.41) is 1.44. The number of benzene rings is 2. The zero-order valence-corrected chi connectivity index (χ0v) is 17.0. The Balaban J connectivity index is 1.61. The van der Waals surface area contributed by atoms with Crippen molar-refractivity contribution in [3.05, 3.63) is 68.0 Å². The molecule has 2 heterocycles. The van der Waals surface area contributed by atoms with E-state index in [0.717, 1.165) is 35.2 Å². The minimum absolute atomic E-state index is 0.306. The summed E-state index contributed by atoms with van der Waals surface area (Å²) < 4.78 is 16.8. The third kappa shape index (κ3) is 3.36. The summed E-state index contributed by atoms with van der Waals surface area (Å²) in [7, 11) is 1.67.